The van der Waals surface area contributed by atoms with Crippen molar-refractivity contribution in [3.8, 4) is 0 Å². The Labute approximate surface area is 89.3 Å². The molecule has 0 saturated carbocycles. The zero-order valence-electron chi connectivity index (χ0n) is 8.62. The summed E-state index contributed by atoms with van der Waals surface area (Å²) in [6.07, 6.45) is -4.73. The Hall–Kier alpha value is -1.17. The van der Waals surface area contributed by atoms with Gasteiger partial charge in [-0.05, 0) is 20.0 Å². The van der Waals surface area contributed by atoms with E-state index in [0.29, 0.717) is 0 Å². The van der Waals surface area contributed by atoms with Crippen molar-refractivity contribution in [3.05, 3.63) is 35.4 Å². The molecule has 0 amide bonds. The van der Waals surface area contributed by atoms with Crippen LogP contribution in [0.3, 0.4) is 0 Å². The Morgan fingerprint density at radius 2 is 1.69 bits per heavy atom. The standard InChI is InChI=1S/C10H10F5N/c1-9(16-2,10(13,14)15)6-4-3-5-7(11)8(6)12/h3-5,16H,1-2H3. The van der Waals surface area contributed by atoms with E-state index in [1.807, 2.05) is 5.32 Å². The highest BCUT2D eigenvalue weighted by Gasteiger charge is 2.52. The minimum Gasteiger partial charge on any atom is -0.303 e. The fraction of sp³-hybridized carbons (Fsp3) is 0.400. The van der Waals surface area contributed by atoms with Gasteiger partial charge in [0.25, 0.3) is 0 Å². The summed E-state index contributed by atoms with van der Waals surface area (Å²) in [5.74, 6) is -2.79. The molecular formula is C10H10F5N. The van der Waals surface area contributed by atoms with E-state index in [2.05, 4.69) is 0 Å². The van der Waals surface area contributed by atoms with E-state index in [1.54, 1.807) is 0 Å². The van der Waals surface area contributed by atoms with Crippen LogP contribution in [0.5, 0.6) is 0 Å². The average molecular weight is 239 g/mol. The molecule has 0 bridgehead atoms. The van der Waals surface area contributed by atoms with Crippen LogP contribution < -0.4 is 5.32 Å². The molecule has 1 unspecified atom stereocenters. The van der Waals surface area contributed by atoms with E-state index in [-0.39, 0.29) is 0 Å². The number of rotatable bonds is 2. The number of hydrogen-bond acceptors (Lipinski definition) is 1. The van der Waals surface area contributed by atoms with Crippen LogP contribution in [-0.2, 0) is 5.54 Å². The van der Waals surface area contributed by atoms with Crippen molar-refractivity contribution < 1.29 is 22.0 Å². The van der Waals surface area contributed by atoms with Crippen molar-refractivity contribution in [3.63, 3.8) is 0 Å². The number of hydrogen-bond donors (Lipinski definition) is 1. The maximum atomic E-state index is 13.3. The largest absolute Gasteiger partial charge is 0.410 e. The highest BCUT2D eigenvalue weighted by atomic mass is 19.4. The van der Waals surface area contributed by atoms with Gasteiger partial charge in [0.1, 0.15) is 5.54 Å². The fourth-order valence-electron chi connectivity index (χ4n) is 1.32. The molecule has 6 heteroatoms. The molecular weight excluding hydrogens is 229 g/mol. The zero-order valence-corrected chi connectivity index (χ0v) is 8.62. The topological polar surface area (TPSA) is 12.0 Å². The van der Waals surface area contributed by atoms with Crippen LogP contribution in [0.15, 0.2) is 18.2 Å². The van der Waals surface area contributed by atoms with Crippen LogP contribution >= 0.6 is 0 Å². The number of benzene rings is 1. The Morgan fingerprint density at radius 3 is 2.12 bits per heavy atom. The summed E-state index contributed by atoms with van der Waals surface area (Å²) in [5.41, 5.74) is -3.37. The van der Waals surface area contributed by atoms with Crippen LogP contribution in [-0.4, -0.2) is 13.2 Å². The third-order valence-corrected chi connectivity index (χ3v) is 2.56. The predicted molar refractivity (Wildman–Crippen MR) is 48.8 cm³/mol. The quantitative estimate of drug-likeness (QED) is 0.782. The SMILES string of the molecule is CNC(C)(c1cccc(F)c1F)C(F)(F)F. The lowest BCUT2D eigenvalue weighted by atomic mass is 9.91. The van der Waals surface area contributed by atoms with Crippen molar-refractivity contribution in [2.45, 2.75) is 18.6 Å². The second-order valence-corrected chi connectivity index (χ2v) is 3.47. The van der Waals surface area contributed by atoms with E-state index >= 15 is 0 Å². The van der Waals surface area contributed by atoms with Crippen molar-refractivity contribution in [1.82, 2.24) is 5.32 Å². The molecule has 90 valence electrons. The van der Waals surface area contributed by atoms with Gasteiger partial charge >= 0.3 is 6.18 Å². The van der Waals surface area contributed by atoms with E-state index < -0.39 is 28.9 Å². The highest BCUT2D eigenvalue weighted by Crippen LogP contribution is 2.39. The molecule has 1 aromatic carbocycles. The summed E-state index contributed by atoms with van der Waals surface area (Å²) in [6.45, 7) is 0.755. The van der Waals surface area contributed by atoms with Gasteiger partial charge < -0.3 is 5.32 Å². The molecule has 0 aromatic heterocycles. The molecule has 0 aliphatic heterocycles. The first-order valence-electron chi connectivity index (χ1n) is 4.44. The second kappa shape index (κ2) is 4.01. The van der Waals surface area contributed by atoms with Crippen LogP contribution in [0, 0.1) is 11.6 Å². The van der Waals surface area contributed by atoms with E-state index in [1.165, 1.54) is 0 Å². The van der Waals surface area contributed by atoms with Crippen LogP contribution in [0.1, 0.15) is 12.5 Å². The number of halogens is 5. The minimum absolute atomic E-state index is 0.755. The first-order chi connectivity index (χ1) is 7.24. The summed E-state index contributed by atoms with van der Waals surface area (Å²) in [6, 6.07) is 2.71. The van der Waals surface area contributed by atoms with Gasteiger partial charge in [0, 0.05) is 5.56 Å². The molecule has 0 fully saturated rings. The Morgan fingerprint density at radius 1 is 1.12 bits per heavy atom. The smallest absolute Gasteiger partial charge is 0.303 e. The lowest BCUT2D eigenvalue weighted by Gasteiger charge is -2.32. The third kappa shape index (κ3) is 1.89. The summed E-state index contributed by atoms with van der Waals surface area (Å²) in [5, 5.41) is 1.97. The number of alkyl halides is 3. The van der Waals surface area contributed by atoms with E-state index in [4.69, 9.17) is 0 Å². The van der Waals surface area contributed by atoms with Gasteiger partial charge in [-0.1, -0.05) is 12.1 Å². The molecule has 1 N–H and O–H groups in total. The molecule has 0 aliphatic carbocycles. The molecule has 0 heterocycles. The van der Waals surface area contributed by atoms with Crippen LogP contribution in [0.4, 0.5) is 22.0 Å². The molecule has 1 aromatic rings. The summed E-state index contributed by atoms with van der Waals surface area (Å²) in [4.78, 5) is 0. The van der Waals surface area contributed by atoms with Gasteiger partial charge in [-0.2, -0.15) is 13.2 Å². The molecule has 16 heavy (non-hydrogen) atoms. The predicted octanol–water partition coefficient (Wildman–Crippen LogP) is 2.96. The van der Waals surface area contributed by atoms with Gasteiger partial charge in [-0.15, -0.1) is 0 Å². The van der Waals surface area contributed by atoms with E-state index in [9.17, 15) is 22.0 Å². The molecule has 1 nitrogen and oxygen atoms in total. The molecule has 0 radical (unpaired) electrons. The maximum absolute atomic E-state index is 13.3. The van der Waals surface area contributed by atoms with E-state index in [0.717, 1.165) is 32.2 Å². The molecule has 0 aliphatic rings. The first kappa shape index (κ1) is 12.9. The molecule has 1 atom stereocenters. The molecule has 0 saturated heterocycles. The summed E-state index contributed by atoms with van der Waals surface area (Å²) >= 11 is 0. The minimum atomic E-state index is -4.73. The fourth-order valence-corrected chi connectivity index (χ4v) is 1.32. The lowest BCUT2D eigenvalue weighted by Crippen LogP contribution is -2.50. The molecule has 0 spiro atoms. The zero-order chi connectivity index (χ0) is 12.6. The normalized spacial score (nSPS) is 15.9. The Kier molecular flexibility index (Phi) is 3.23. The lowest BCUT2D eigenvalue weighted by molar-refractivity contribution is -0.194. The van der Waals surface area contributed by atoms with Gasteiger partial charge in [-0.25, -0.2) is 8.78 Å². The van der Waals surface area contributed by atoms with Crippen molar-refractivity contribution >= 4 is 0 Å². The van der Waals surface area contributed by atoms with Gasteiger partial charge in [-0.3, -0.25) is 0 Å². The monoisotopic (exact) mass is 239 g/mol. The van der Waals surface area contributed by atoms with Crippen molar-refractivity contribution in [2.75, 3.05) is 7.05 Å². The highest BCUT2D eigenvalue weighted by molar-refractivity contribution is 5.28. The first-order valence-corrected chi connectivity index (χ1v) is 4.44. The average Bonchev–Trinajstić information content (AvgIpc) is 2.19. The maximum Gasteiger partial charge on any atom is 0.410 e. The van der Waals surface area contributed by atoms with Gasteiger partial charge in [0.2, 0.25) is 0 Å². The van der Waals surface area contributed by atoms with Gasteiger partial charge in [0.15, 0.2) is 11.6 Å². The van der Waals surface area contributed by atoms with Crippen LogP contribution in [0.25, 0.3) is 0 Å². The molecule has 1 rings (SSSR count). The van der Waals surface area contributed by atoms with Crippen molar-refractivity contribution in [1.29, 1.82) is 0 Å². The van der Waals surface area contributed by atoms with Gasteiger partial charge in [0.05, 0.1) is 0 Å². The Bertz CT molecular complexity index is 387. The Balaban J connectivity index is 3.40. The summed E-state index contributed by atoms with van der Waals surface area (Å²) in [7, 11) is 1.04. The summed E-state index contributed by atoms with van der Waals surface area (Å²) < 4.78 is 64.4. The van der Waals surface area contributed by atoms with Crippen molar-refractivity contribution in [2.24, 2.45) is 0 Å². The second-order valence-electron chi connectivity index (χ2n) is 3.47. The number of nitrogens with one attached hydrogen (secondary N) is 1. The third-order valence-electron chi connectivity index (χ3n) is 2.56. The van der Waals surface area contributed by atoms with Crippen LogP contribution in [0.2, 0.25) is 0 Å².